The van der Waals surface area contributed by atoms with Crippen molar-refractivity contribution in [3.05, 3.63) is 47.7 Å². The minimum atomic E-state index is -0.439. The molecule has 7 nitrogen and oxygen atoms in total. The Hall–Kier alpha value is -2.96. The number of aryl methyl sites for hydroxylation is 2. The van der Waals surface area contributed by atoms with E-state index in [2.05, 4.69) is 27.4 Å². The van der Waals surface area contributed by atoms with E-state index in [-0.39, 0.29) is 0 Å². The van der Waals surface area contributed by atoms with Gasteiger partial charge in [0.25, 0.3) is 0 Å². The first-order valence-corrected chi connectivity index (χ1v) is 8.30. The Kier molecular flexibility index (Phi) is 5.23. The van der Waals surface area contributed by atoms with Gasteiger partial charge in [-0.1, -0.05) is 35.5 Å². The van der Waals surface area contributed by atoms with Crippen molar-refractivity contribution >= 4 is 17.0 Å². The predicted molar refractivity (Wildman–Crippen MR) is 92.6 cm³/mol. The zero-order valence-corrected chi connectivity index (χ0v) is 14.3. The highest BCUT2D eigenvalue weighted by atomic mass is 16.5. The second-order valence-corrected chi connectivity index (χ2v) is 5.38. The van der Waals surface area contributed by atoms with E-state index in [1.54, 1.807) is 11.6 Å². The van der Waals surface area contributed by atoms with Crippen molar-refractivity contribution in [2.75, 3.05) is 13.2 Å². The van der Waals surface area contributed by atoms with Gasteiger partial charge in [0.05, 0.1) is 13.2 Å². The fraction of sp³-hybridized carbons (Fsp3) is 0.333. The Labute approximate surface area is 145 Å². The second kappa shape index (κ2) is 7.74. The molecule has 0 aliphatic rings. The average molecular weight is 340 g/mol. The minimum absolute atomic E-state index is 0.291. The Bertz CT molecular complexity index is 861. The van der Waals surface area contributed by atoms with Crippen LogP contribution in [0.1, 0.15) is 29.8 Å². The number of aromatic nitrogens is 4. The number of pyridine rings is 1. The number of benzene rings is 1. The molecule has 0 N–H and O–H groups in total. The minimum Gasteiger partial charge on any atom is -0.476 e. The number of hydrogen-bond acceptors (Lipinski definition) is 6. The highest BCUT2D eigenvalue weighted by Gasteiger charge is 2.21. The number of carbonyl (C=O) groups is 1. The van der Waals surface area contributed by atoms with Crippen LogP contribution in [0.2, 0.25) is 0 Å². The lowest BCUT2D eigenvalue weighted by Crippen LogP contribution is -2.11. The Morgan fingerprint density at radius 2 is 1.96 bits per heavy atom. The van der Waals surface area contributed by atoms with Gasteiger partial charge in [-0.2, -0.15) is 0 Å². The van der Waals surface area contributed by atoms with E-state index in [1.165, 1.54) is 11.8 Å². The molecule has 0 saturated heterocycles. The molecule has 0 unspecified atom stereocenters. The predicted octanol–water partition coefficient (Wildman–Crippen LogP) is 2.64. The standard InChI is InChI=1S/C18H20N4O3/c1-3-24-17-15-16(14(12-19-17)18(23)25-4-2)22(21-20-15)11-10-13-8-6-5-7-9-13/h5-9,12H,3-4,10-11H2,1-2H3. The van der Waals surface area contributed by atoms with Crippen LogP contribution < -0.4 is 4.74 Å². The monoisotopic (exact) mass is 340 g/mol. The van der Waals surface area contributed by atoms with E-state index in [4.69, 9.17) is 9.47 Å². The largest absolute Gasteiger partial charge is 0.476 e. The summed E-state index contributed by atoms with van der Waals surface area (Å²) in [6, 6.07) is 10.1. The number of carbonyl (C=O) groups excluding carboxylic acids is 1. The summed E-state index contributed by atoms with van der Waals surface area (Å²) >= 11 is 0. The van der Waals surface area contributed by atoms with E-state index in [1.807, 2.05) is 25.1 Å². The maximum absolute atomic E-state index is 12.3. The van der Waals surface area contributed by atoms with Crippen LogP contribution in [0.25, 0.3) is 11.0 Å². The van der Waals surface area contributed by atoms with Crippen LogP contribution in [-0.4, -0.2) is 39.2 Å². The molecule has 2 aromatic heterocycles. The van der Waals surface area contributed by atoms with Crippen molar-refractivity contribution in [1.29, 1.82) is 0 Å². The van der Waals surface area contributed by atoms with Crippen molar-refractivity contribution in [2.24, 2.45) is 0 Å². The number of hydrogen-bond donors (Lipinski definition) is 0. The van der Waals surface area contributed by atoms with E-state index in [0.29, 0.717) is 42.2 Å². The zero-order chi connectivity index (χ0) is 17.6. The first-order chi connectivity index (χ1) is 12.2. The molecule has 0 aliphatic heterocycles. The van der Waals surface area contributed by atoms with E-state index in [9.17, 15) is 4.79 Å². The van der Waals surface area contributed by atoms with Gasteiger partial charge < -0.3 is 9.47 Å². The third-order valence-corrected chi connectivity index (χ3v) is 3.74. The first kappa shape index (κ1) is 16.9. The van der Waals surface area contributed by atoms with Gasteiger partial charge >= 0.3 is 5.97 Å². The van der Waals surface area contributed by atoms with Gasteiger partial charge in [-0.3, -0.25) is 0 Å². The van der Waals surface area contributed by atoms with Gasteiger partial charge in [0.2, 0.25) is 5.88 Å². The van der Waals surface area contributed by atoms with Crippen LogP contribution in [0.15, 0.2) is 36.5 Å². The summed E-state index contributed by atoms with van der Waals surface area (Å²) in [7, 11) is 0. The van der Waals surface area contributed by atoms with Crippen molar-refractivity contribution in [3.63, 3.8) is 0 Å². The topological polar surface area (TPSA) is 79.1 Å². The molecule has 0 fully saturated rings. The molecular weight excluding hydrogens is 320 g/mol. The molecule has 25 heavy (non-hydrogen) atoms. The van der Waals surface area contributed by atoms with Crippen LogP contribution in [0.4, 0.5) is 0 Å². The molecule has 3 rings (SSSR count). The molecule has 1 aromatic carbocycles. The molecule has 0 saturated carbocycles. The van der Waals surface area contributed by atoms with Crippen LogP contribution in [0, 0.1) is 0 Å². The van der Waals surface area contributed by atoms with Gasteiger partial charge in [0, 0.05) is 12.7 Å². The maximum atomic E-state index is 12.3. The third-order valence-electron chi connectivity index (χ3n) is 3.74. The van der Waals surface area contributed by atoms with E-state index < -0.39 is 5.97 Å². The lowest BCUT2D eigenvalue weighted by atomic mass is 10.1. The molecular formula is C18H20N4O3. The van der Waals surface area contributed by atoms with Gasteiger partial charge in [0.1, 0.15) is 11.1 Å². The molecule has 0 atom stereocenters. The van der Waals surface area contributed by atoms with Crippen LogP contribution in [0.3, 0.4) is 0 Å². The quantitative estimate of drug-likeness (QED) is 0.615. The SMILES string of the molecule is CCOC(=O)c1cnc(OCC)c2nnn(CCc3ccccc3)c12. The Balaban J connectivity index is 1.99. The second-order valence-electron chi connectivity index (χ2n) is 5.38. The van der Waals surface area contributed by atoms with Gasteiger partial charge in [0.15, 0.2) is 5.52 Å². The van der Waals surface area contributed by atoms with Crippen LogP contribution >= 0.6 is 0 Å². The van der Waals surface area contributed by atoms with Crippen molar-refractivity contribution in [2.45, 2.75) is 26.8 Å². The first-order valence-electron chi connectivity index (χ1n) is 8.30. The Morgan fingerprint density at radius 1 is 1.16 bits per heavy atom. The van der Waals surface area contributed by atoms with E-state index in [0.717, 1.165) is 6.42 Å². The lowest BCUT2D eigenvalue weighted by molar-refractivity contribution is 0.0527. The van der Waals surface area contributed by atoms with Crippen LogP contribution in [0.5, 0.6) is 5.88 Å². The normalized spacial score (nSPS) is 10.8. The Morgan fingerprint density at radius 3 is 2.68 bits per heavy atom. The molecule has 130 valence electrons. The van der Waals surface area contributed by atoms with Crippen molar-refractivity contribution < 1.29 is 14.3 Å². The number of nitrogens with zero attached hydrogens (tertiary/aromatic N) is 4. The number of rotatable bonds is 7. The summed E-state index contributed by atoms with van der Waals surface area (Å²) in [6.45, 7) is 4.97. The summed E-state index contributed by atoms with van der Waals surface area (Å²) in [5, 5.41) is 8.37. The highest BCUT2D eigenvalue weighted by molar-refractivity contribution is 6.02. The lowest BCUT2D eigenvalue weighted by Gasteiger charge is -2.09. The summed E-state index contributed by atoms with van der Waals surface area (Å²) in [4.78, 5) is 16.5. The molecule has 0 aliphatic carbocycles. The number of esters is 1. The smallest absolute Gasteiger partial charge is 0.341 e. The van der Waals surface area contributed by atoms with Crippen molar-refractivity contribution in [3.8, 4) is 5.88 Å². The molecule has 2 heterocycles. The zero-order valence-electron chi connectivity index (χ0n) is 14.3. The summed E-state index contributed by atoms with van der Waals surface area (Å²) in [5.74, 6) is -0.0668. The summed E-state index contributed by atoms with van der Waals surface area (Å²) < 4.78 is 12.4. The van der Waals surface area contributed by atoms with Gasteiger partial charge in [-0.05, 0) is 25.8 Å². The third kappa shape index (κ3) is 3.60. The summed E-state index contributed by atoms with van der Waals surface area (Å²) in [6.07, 6.45) is 2.24. The molecule has 0 radical (unpaired) electrons. The van der Waals surface area contributed by atoms with Gasteiger partial charge in [-0.25, -0.2) is 14.5 Å². The molecule has 0 amide bonds. The van der Waals surface area contributed by atoms with Crippen LogP contribution in [-0.2, 0) is 17.7 Å². The van der Waals surface area contributed by atoms with Gasteiger partial charge in [-0.15, -0.1) is 5.10 Å². The molecule has 3 aromatic rings. The number of fused-ring (bicyclic) bond motifs is 1. The fourth-order valence-electron chi connectivity index (χ4n) is 2.61. The molecule has 0 bridgehead atoms. The highest BCUT2D eigenvalue weighted by Crippen LogP contribution is 2.25. The maximum Gasteiger partial charge on any atom is 0.341 e. The van der Waals surface area contributed by atoms with Crippen molar-refractivity contribution in [1.82, 2.24) is 20.0 Å². The fourth-order valence-corrected chi connectivity index (χ4v) is 2.61. The molecule has 0 spiro atoms. The van der Waals surface area contributed by atoms with E-state index >= 15 is 0 Å². The average Bonchev–Trinajstić information content (AvgIpc) is 3.06. The molecule has 7 heteroatoms. The number of ether oxygens (including phenoxy) is 2. The summed E-state index contributed by atoms with van der Waals surface area (Å²) in [5.41, 5.74) is 2.59.